The smallest absolute Gasteiger partial charge is 0.462 e. The summed E-state index contributed by atoms with van der Waals surface area (Å²) in [7, 11) is 1.48. The van der Waals surface area contributed by atoms with Crippen LogP contribution in [-0.2, 0) is 32.7 Å². The molecule has 1 unspecified atom stereocenters. The minimum atomic E-state index is -4.37. The third-order valence-corrected chi connectivity index (χ3v) is 11.3. The number of carbonyl (C=O) groups excluding carboxylic acids is 2. The van der Waals surface area contributed by atoms with E-state index in [4.69, 9.17) is 18.5 Å². The molecule has 0 amide bonds. The molecule has 0 bridgehead atoms. The van der Waals surface area contributed by atoms with Crippen molar-refractivity contribution < 1.29 is 42.1 Å². The number of hydrogen-bond acceptors (Lipinski definition) is 7. The molecule has 0 aromatic heterocycles. The zero-order valence-electron chi connectivity index (χ0n) is 37.4. The zero-order valence-corrected chi connectivity index (χ0v) is 38.3. The molecule has 0 aromatic carbocycles. The zero-order chi connectivity index (χ0) is 41.4. The Morgan fingerprint density at radius 2 is 0.929 bits per heavy atom. The quantitative estimate of drug-likeness (QED) is 0.0213. The van der Waals surface area contributed by atoms with Crippen LogP contribution in [0, 0.1) is 0 Å². The highest BCUT2D eigenvalue weighted by Gasteiger charge is 2.27. The first-order valence-corrected chi connectivity index (χ1v) is 24.9. The van der Waals surface area contributed by atoms with E-state index in [0.29, 0.717) is 23.9 Å². The molecule has 0 rings (SSSR count). The van der Waals surface area contributed by atoms with Crippen molar-refractivity contribution in [1.29, 1.82) is 0 Å². The van der Waals surface area contributed by atoms with Crippen LogP contribution in [0.15, 0.2) is 12.2 Å². The lowest BCUT2D eigenvalue weighted by Gasteiger charge is -2.24. The summed E-state index contributed by atoms with van der Waals surface area (Å²) in [5.41, 5.74) is 0. The molecule has 0 saturated carbocycles. The predicted molar refractivity (Wildman–Crippen MR) is 234 cm³/mol. The van der Waals surface area contributed by atoms with Crippen molar-refractivity contribution in [2.75, 3.05) is 47.5 Å². The number of carbonyl (C=O) groups is 2. The third kappa shape index (κ3) is 42.4. The van der Waals surface area contributed by atoms with Crippen molar-refractivity contribution >= 4 is 19.8 Å². The monoisotopic (exact) mass is 817 g/mol. The van der Waals surface area contributed by atoms with Crippen LogP contribution in [0.25, 0.3) is 0 Å². The van der Waals surface area contributed by atoms with E-state index in [1.54, 1.807) is 0 Å². The lowest BCUT2D eigenvalue weighted by atomic mass is 10.0. The van der Waals surface area contributed by atoms with E-state index in [9.17, 15) is 19.0 Å². The van der Waals surface area contributed by atoms with Gasteiger partial charge in [-0.05, 0) is 32.1 Å². The Morgan fingerprint density at radius 1 is 0.536 bits per heavy atom. The molecule has 1 N–H and O–H groups in total. The summed E-state index contributed by atoms with van der Waals surface area (Å²) in [6.07, 6.45) is 41.3. The van der Waals surface area contributed by atoms with Crippen LogP contribution in [0.2, 0.25) is 0 Å². The molecule has 2 atom stereocenters. The first-order valence-electron chi connectivity index (χ1n) is 23.4. The van der Waals surface area contributed by atoms with Gasteiger partial charge in [0.1, 0.15) is 19.8 Å². The minimum absolute atomic E-state index is 0.0331. The highest BCUT2D eigenvalue weighted by atomic mass is 31.2. The van der Waals surface area contributed by atoms with E-state index < -0.39 is 26.5 Å². The van der Waals surface area contributed by atoms with E-state index in [0.717, 1.165) is 57.8 Å². The van der Waals surface area contributed by atoms with Crippen molar-refractivity contribution in [1.82, 2.24) is 0 Å². The molecular weight excluding hydrogens is 725 g/mol. The summed E-state index contributed by atoms with van der Waals surface area (Å²) in [6, 6.07) is 0. The fraction of sp³-hybridized carbons (Fsp3) is 0.913. The van der Waals surface area contributed by atoms with Crippen molar-refractivity contribution in [3.8, 4) is 0 Å². The largest absolute Gasteiger partial charge is 0.472 e. The topological polar surface area (TPSA) is 108 Å². The van der Waals surface area contributed by atoms with Crippen LogP contribution in [0.1, 0.15) is 219 Å². The third-order valence-electron chi connectivity index (χ3n) is 10.3. The van der Waals surface area contributed by atoms with Gasteiger partial charge in [0.15, 0.2) is 6.10 Å². The molecule has 0 aromatic rings. The molecule has 56 heavy (non-hydrogen) atoms. The van der Waals surface area contributed by atoms with Gasteiger partial charge >= 0.3 is 19.8 Å². The van der Waals surface area contributed by atoms with Crippen LogP contribution in [0.4, 0.5) is 0 Å². The number of nitrogens with zero attached hydrogens (tertiary/aromatic N) is 1. The average Bonchev–Trinajstić information content (AvgIpc) is 3.15. The summed E-state index contributed by atoms with van der Waals surface area (Å²) >= 11 is 0. The number of hydrogen-bond donors (Lipinski definition) is 1. The minimum Gasteiger partial charge on any atom is -0.462 e. The molecule has 0 aliphatic rings. The van der Waals surface area contributed by atoms with E-state index >= 15 is 0 Å². The van der Waals surface area contributed by atoms with Gasteiger partial charge in [0.2, 0.25) is 0 Å². The van der Waals surface area contributed by atoms with Crippen LogP contribution < -0.4 is 0 Å². The molecular formula is C46H91NO8P+. The number of unbranched alkanes of at least 4 members (excludes halogenated alkanes) is 27. The maximum Gasteiger partial charge on any atom is 0.472 e. The van der Waals surface area contributed by atoms with E-state index in [2.05, 4.69) is 26.0 Å². The number of ether oxygens (including phenoxy) is 2. The molecule has 0 spiro atoms. The van der Waals surface area contributed by atoms with Crippen LogP contribution in [0.3, 0.4) is 0 Å². The average molecular weight is 817 g/mol. The standard InChI is InChI=1S/C46H90NO8P/c1-6-8-10-12-14-16-18-19-20-21-22-23-24-25-26-27-29-30-32-34-36-38-45(48)52-42-44(43-54-56(50,51)53-41-40-47(3,4)5)55-46(49)39-37-35-33-31-28-17-15-13-11-9-7-2/h13,15,44H,6-12,14,16-43H2,1-5H3/p+1/b15-13+/t44-/m0/s1. The maximum atomic E-state index is 12.6. The fourth-order valence-electron chi connectivity index (χ4n) is 6.58. The molecule has 0 radical (unpaired) electrons. The molecule has 332 valence electrons. The van der Waals surface area contributed by atoms with Crippen molar-refractivity contribution in [3.05, 3.63) is 12.2 Å². The second kappa shape index (κ2) is 39.2. The lowest BCUT2D eigenvalue weighted by Crippen LogP contribution is -2.37. The van der Waals surface area contributed by atoms with Crippen LogP contribution >= 0.6 is 7.82 Å². The second-order valence-electron chi connectivity index (χ2n) is 17.1. The summed E-state index contributed by atoms with van der Waals surface area (Å²) in [6.45, 7) is 4.40. The van der Waals surface area contributed by atoms with Gasteiger partial charge in [-0.2, -0.15) is 0 Å². The SMILES string of the molecule is CCCC/C=C/CCCCCCCC(=O)O[C@@H](COC(=O)CCCCCCCCCCCCCCCCCCCCCCC)COP(=O)(O)OCC[N+](C)(C)C. The number of rotatable bonds is 43. The van der Waals surface area contributed by atoms with E-state index in [1.807, 2.05) is 21.1 Å². The van der Waals surface area contributed by atoms with Gasteiger partial charge in [0.25, 0.3) is 0 Å². The molecule has 0 fully saturated rings. The summed E-state index contributed by atoms with van der Waals surface area (Å²) in [5.74, 6) is -0.799. The first kappa shape index (κ1) is 54.8. The Balaban J connectivity index is 4.18. The van der Waals surface area contributed by atoms with E-state index in [-0.39, 0.29) is 25.6 Å². The van der Waals surface area contributed by atoms with E-state index in [1.165, 1.54) is 128 Å². The highest BCUT2D eigenvalue weighted by molar-refractivity contribution is 7.47. The maximum absolute atomic E-state index is 12.6. The molecule has 0 heterocycles. The summed E-state index contributed by atoms with van der Waals surface area (Å²) < 4.78 is 34.3. The fourth-order valence-corrected chi connectivity index (χ4v) is 7.33. The molecule has 0 aliphatic heterocycles. The Hall–Kier alpha value is -1.25. The first-order chi connectivity index (χ1) is 27.0. The van der Waals surface area contributed by atoms with Gasteiger partial charge in [-0.25, -0.2) is 4.57 Å². The Morgan fingerprint density at radius 3 is 1.38 bits per heavy atom. The van der Waals surface area contributed by atoms with Gasteiger partial charge in [-0.15, -0.1) is 0 Å². The molecule has 0 saturated heterocycles. The normalized spacial score (nSPS) is 13.6. The van der Waals surface area contributed by atoms with Gasteiger partial charge in [-0.1, -0.05) is 187 Å². The Labute approximate surface area is 346 Å². The number of esters is 2. The number of quaternary nitrogens is 1. The van der Waals surface area contributed by atoms with Crippen LogP contribution in [-0.4, -0.2) is 74.9 Å². The molecule has 10 heteroatoms. The predicted octanol–water partition coefficient (Wildman–Crippen LogP) is 13.4. The summed E-state index contributed by atoms with van der Waals surface area (Å²) in [4.78, 5) is 35.3. The van der Waals surface area contributed by atoms with Gasteiger partial charge in [0.05, 0.1) is 27.7 Å². The molecule has 9 nitrogen and oxygen atoms in total. The Bertz CT molecular complexity index is 969. The summed E-state index contributed by atoms with van der Waals surface area (Å²) in [5, 5.41) is 0. The number of allylic oxidation sites excluding steroid dienone is 2. The number of phosphoric acid groups is 1. The van der Waals surface area contributed by atoms with Crippen molar-refractivity contribution in [2.24, 2.45) is 0 Å². The second-order valence-corrected chi connectivity index (χ2v) is 18.6. The lowest BCUT2D eigenvalue weighted by molar-refractivity contribution is -0.870. The van der Waals surface area contributed by atoms with Gasteiger partial charge in [-0.3, -0.25) is 18.6 Å². The van der Waals surface area contributed by atoms with Crippen molar-refractivity contribution in [2.45, 2.75) is 225 Å². The van der Waals surface area contributed by atoms with Gasteiger partial charge < -0.3 is 18.9 Å². The number of likely N-dealkylation sites (N-methyl/N-ethyl adjacent to an activating group) is 1. The van der Waals surface area contributed by atoms with Gasteiger partial charge in [0, 0.05) is 12.8 Å². The van der Waals surface area contributed by atoms with Crippen LogP contribution in [0.5, 0.6) is 0 Å². The van der Waals surface area contributed by atoms with Crippen molar-refractivity contribution in [3.63, 3.8) is 0 Å². The number of phosphoric ester groups is 1. The molecule has 0 aliphatic carbocycles. The Kier molecular flexibility index (Phi) is 38.3. The highest BCUT2D eigenvalue weighted by Crippen LogP contribution is 2.43.